The van der Waals surface area contributed by atoms with E-state index in [0.29, 0.717) is 6.61 Å². The molecule has 136 valence electrons. The second kappa shape index (κ2) is 9.06. The third-order valence-electron chi connectivity index (χ3n) is 4.36. The number of urea groups is 1. The standard InChI is InChI=1S/C21H25N3O2/c1-2-15-26-20-10-6-9-19(16-20)22-21(25)24-13-11-23(12-14-24)17-18-7-4-3-5-8-18/h2-10,16H,1,11-15,17H2,(H,22,25). The molecule has 0 spiro atoms. The number of hydrogen-bond acceptors (Lipinski definition) is 3. The highest BCUT2D eigenvalue weighted by atomic mass is 16.5. The molecule has 5 nitrogen and oxygen atoms in total. The third-order valence-corrected chi connectivity index (χ3v) is 4.36. The molecule has 0 aliphatic carbocycles. The van der Waals surface area contributed by atoms with Crippen LogP contribution < -0.4 is 10.1 Å². The molecule has 0 radical (unpaired) electrons. The van der Waals surface area contributed by atoms with Crippen molar-refractivity contribution in [2.24, 2.45) is 0 Å². The maximum Gasteiger partial charge on any atom is 0.321 e. The summed E-state index contributed by atoms with van der Waals surface area (Å²) in [4.78, 5) is 16.7. The molecule has 0 bridgehead atoms. The summed E-state index contributed by atoms with van der Waals surface area (Å²) in [5.41, 5.74) is 2.05. The van der Waals surface area contributed by atoms with E-state index in [4.69, 9.17) is 4.74 Å². The number of benzene rings is 2. The topological polar surface area (TPSA) is 44.8 Å². The minimum Gasteiger partial charge on any atom is -0.489 e. The Morgan fingerprint density at radius 1 is 1.08 bits per heavy atom. The first-order valence-electron chi connectivity index (χ1n) is 8.90. The van der Waals surface area contributed by atoms with E-state index in [1.807, 2.05) is 35.2 Å². The molecule has 5 heteroatoms. The summed E-state index contributed by atoms with van der Waals surface area (Å²) < 4.78 is 5.50. The zero-order valence-corrected chi connectivity index (χ0v) is 14.9. The zero-order chi connectivity index (χ0) is 18.2. The Morgan fingerprint density at radius 2 is 1.85 bits per heavy atom. The first-order valence-corrected chi connectivity index (χ1v) is 8.90. The van der Waals surface area contributed by atoms with E-state index in [-0.39, 0.29) is 6.03 Å². The molecule has 0 saturated carbocycles. The molecule has 0 atom stereocenters. The highest BCUT2D eigenvalue weighted by Gasteiger charge is 2.21. The van der Waals surface area contributed by atoms with Crippen molar-refractivity contribution in [2.75, 3.05) is 38.1 Å². The Balaban J connectivity index is 1.48. The van der Waals surface area contributed by atoms with Gasteiger partial charge in [0.15, 0.2) is 0 Å². The summed E-state index contributed by atoms with van der Waals surface area (Å²) in [5, 5.41) is 2.96. The van der Waals surface area contributed by atoms with Crippen molar-refractivity contribution in [1.82, 2.24) is 9.80 Å². The fourth-order valence-electron chi connectivity index (χ4n) is 2.97. The van der Waals surface area contributed by atoms with Gasteiger partial charge < -0.3 is 15.0 Å². The maximum absolute atomic E-state index is 12.5. The van der Waals surface area contributed by atoms with Gasteiger partial charge in [-0.1, -0.05) is 49.1 Å². The van der Waals surface area contributed by atoms with Crippen molar-refractivity contribution in [3.8, 4) is 5.75 Å². The second-order valence-electron chi connectivity index (χ2n) is 6.31. The normalized spacial score (nSPS) is 14.7. The van der Waals surface area contributed by atoms with Crippen LogP contribution in [0.5, 0.6) is 5.75 Å². The zero-order valence-electron chi connectivity index (χ0n) is 14.9. The molecule has 1 aliphatic rings. The fraction of sp³-hybridized carbons (Fsp3) is 0.286. The summed E-state index contributed by atoms with van der Waals surface area (Å²) in [6.07, 6.45) is 1.69. The van der Waals surface area contributed by atoms with Crippen molar-refractivity contribution in [2.45, 2.75) is 6.54 Å². The average molecular weight is 351 g/mol. The first kappa shape index (κ1) is 18.0. The Kier molecular flexibility index (Phi) is 6.28. The summed E-state index contributed by atoms with van der Waals surface area (Å²) in [5.74, 6) is 0.718. The monoisotopic (exact) mass is 351 g/mol. The average Bonchev–Trinajstić information content (AvgIpc) is 2.68. The molecule has 1 N–H and O–H groups in total. The van der Waals surface area contributed by atoms with Gasteiger partial charge in [0.25, 0.3) is 0 Å². The lowest BCUT2D eigenvalue weighted by atomic mass is 10.2. The van der Waals surface area contributed by atoms with E-state index in [2.05, 4.69) is 41.1 Å². The van der Waals surface area contributed by atoms with Crippen LogP contribution in [0.1, 0.15) is 5.56 Å². The van der Waals surface area contributed by atoms with Crippen LogP contribution in [0, 0.1) is 0 Å². The van der Waals surface area contributed by atoms with Gasteiger partial charge in [0.1, 0.15) is 12.4 Å². The van der Waals surface area contributed by atoms with Gasteiger partial charge in [-0.15, -0.1) is 0 Å². The number of carbonyl (C=O) groups is 1. The first-order chi connectivity index (χ1) is 12.7. The van der Waals surface area contributed by atoms with Gasteiger partial charge in [-0.2, -0.15) is 0 Å². The number of nitrogens with one attached hydrogen (secondary N) is 1. The number of hydrogen-bond donors (Lipinski definition) is 1. The quantitative estimate of drug-likeness (QED) is 0.809. The summed E-state index contributed by atoms with van der Waals surface area (Å²) in [6, 6.07) is 17.8. The molecule has 0 unspecified atom stereocenters. The number of anilines is 1. The molecule has 26 heavy (non-hydrogen) atoms. The lowest BCUT2D eigenvalue weighted by Crippen LogP contribution is -2.49. The van der Waals surface area contributed by atoms with Crippen molar-refractivity contribution >= 4 is 11.7 Å². The lowest BCUT2D eigenvalue weighted by molar-refractivity contribution is 0.143. The molecule has 2 aromatic carbocycles. The summed E-state index contributed by atoms with van der Waals surface area (Å²) in [6.45, 7) is 8.22. The van der Waals surface area contributed by atoms with Crippen LogP contribution in [-0.2, 0) is 6.54 Å². The second-order valence-corrected chi connectivity index (χ2v) is 6.31. The minimum atomic E-state index is -0.0646. The highest BCUT2D eigenvalue weighted by Crippen LogP contribution is 2.18. The van der Waals surface area contributed by atoms with Crippen LogP contribution in [0.3, 0.4) is 0 Å². The predicted molar refractivity (Wildman–Crippen MR) is 104 cm³/mol. The van der Waals surface area contributed by atoms with E-state index in [1.54, 1.807) is 6.08 Å². The SMILES string of the molecule is C=CCOc1cccc(NC(=O)N2CCN(Cc3ccccc3)CC2)c1. The molecular weight excluding hydrogens is 326 g/mol. The highest BCUT2D eigenvalue weighted by molar-refractivity contribution is 5.89. The molecule has 1 fully saturated rings. The van der Waals surface area contributed by atoms with E-state index in [9.17, 15) is 4.79 Å². The smallest absolute Gasteiger partial charge is 0.321 e. The summed E-state index contributed by atoms with van der Waals surface area (Å²) >= 11 is 0. The lowest BCUT2D eigenvalue weighted by Gasteiger charge is -2.34. The Hall–Kier alpha value is -2.79. The number of nitrogens with zero attached hydrogens (tertiary/aromatic N) is 2. The van der Waals surface area contributed by atoms with Gasteiger partial charge in [-0.05, 0) is 17.7 Å². The van der Waals surface area contributed by atoms with Crippen LogP contribution in [0.25, 0.3) is 0 Å². The van der Waals surface area contributed by atoms with Crippen LogP contribution in [0.15, 0.2) is 67.3 Å². The molecule has 2 aromatic rings. The van der Waals surface area contributed by atoms with Crippen molar-refractivity contribution < 1.29 is 9.53 Å². The minimum absolute atomic E-state index is 0.0646. The van der Waals surface area contributed by atoms with Gasteiger partial charge in [-0.3, -0.25) is 4.90 Å². The summed E-state index contributed by atoms with van der Waals surface area (Å²) in [7, 11) is 0. The van der Waals surface area contributed by atoms with E-state index >= 15 is 0 Å². The van der Waals surface area contributed by atoms with Gasteiger partial charge in [0.05, 0.1) is 0 Å². The number of carbonyl (C=O) groups excluding carboxylic acids is 1. The number of ether oxygens (including phenoxy) is 1. The molecular formula is C21H25N3O2. The predicted octanol–water partition coefficient (Wildman–Crippen LogP) is 3.60. The Morgan fingerprint density at radius 3 is 2.58 bits per heavy atom. The molecule has 1 heterocycles. The largest absolute Gasteiger partial charge is 0.489 e. The molecule has 1 aliphatic heterocycles. The molecule has 2 amide bonds. The van der Waals surface area contributed by atoms with Crippen molar-refractivity contribution in [1.29, 1.82) is 0 Å². The van der Waals surface area contributed by atoms with Crippen LogP contribution >= 0.6 is 0 Å². The molecule has 1 saturated heterocycles. The van der Waals surface area contributed by atoms with Crippen LogP contribution in [-0.4, -0.2) is 48.6 Å². The van der Waals surface area contributed by atoms with Crippen molar-refractivity contribution in [3.63, 3.8) is 0 Å². The van der Waals surface area contributed by atoms with Crippen LogP contribution in [0.2, 0.25) is 0 Å². The van der Waals surface area contributed by atoms with Crippen LogP contribution in [0.4, 0.5) is 10.5 Å². The van der Waals surface area contributed by atoms with Gasteiger partial charge in [0, 0.05) is 44.5 Å². The maximum atomic E-state index is 12.5. The Labute approximate surface area is 154 Å². The number of amides is 2. The number of piperazine rings is 1. The van der Waals surface area contributed by atoms with Crippen molar-refractivity contribution in [3.05, 3.63) is 72.8 Å². The van der Waals surface area contributed by atoms with E-state index in [0.717, 1.165) is 44.2 Å². The van der Waals surface area contributed by atoms with E-state index < -0.39 is 0 Å². The van der Waals surface area contributed by atoms with Gasteiger partial charge >= 0.3 is 6.03 Å². The van der Waals surface area contributed by atoms with Gasteiger partial charge in [-0.25, -0.2) is 4.79 Å². The fourth-order valence-corrected chi connectivity index (χ4v) is 2.97. The molecule has 0 aromatic heterocycles. The molecule has 3 rings (SSSR count). The van der Waals surface area contributed by atoms with E-state index in [1.165, 1.54) is 5.56 Å². The Bertz CT molecular complexity index is 725. The third kappa shape index (κ3) is 5.10. The van der Waals surface area contributed by atoms with Gasteiger partial charge in [0.2, 0.25) is 0 Å². The number of rotatable bonds is 6.